The number of aromatic nitrogens is 1. The third-order valence-corrected chi connectivity index (χ3v) is 4.23. The van der Waals surface area contributed by atoms with Crippen molar-refractivity contribution in [1.82, 2.24) is 4.98 Å². The molecule has 1 aromatic heterocycles. The smallest absolute Gasteiger partial charge is 0.306 e. The molecule has 1 heterocycles. The summed E-state index contributed by atoms with van der Waals surface area (Å²) in [5, 5.41) is 0. The first kappa shape index (κ1) is 14.9. The van der Waals surface area contributed by atoms with Crippen LogP contribution in [0.25, 0.3) is 0 Å². The zero-order valence-electron chi connectivity index (χ0n) is 12.2. The van der Waals surface area contributed by atoms with Gasteiger partial charge in [0.1, 0.15) is 0 Å². The van der Waals surface area contributed by atoms with Crippen molar-refractivity contribution in [3.05, 3.63) is 29.3 Å². The SMILES string of the molecule is CCOC(=O)CC1CCC(c2ccnc(F)c2C)CC1. The van der Waals surface area contributed by atoms with Gasteiger partial charge in [-0.1, -0.05) is 0 Å². The lowest BCUT2D eigenvalue weighted by molar-refractivity contribution is -0.144. The Morgan fingerprint density at radius 3 is 2.75 bits per heavy atom. The van der Waals surface area contributed by atoms with Gasteiger partial charge in [0.05, 0.1) is 6.61 Å². The number of carbonyl (C=O) groups excluding carboxylic acids is 1. The Morgan fingerprint density at radius 1 is 1.40 bits per heavy atom. The number of hydrogen-bond acceptors (Lipinski definition) is 3. The highest BCUT2D eigenvalue weighted by molar-refractivity contribution is 5.69. The van der Waals surface area contributed by atoms with E-state index in [-0.39, 0.29) is 11.9 Å². The molecule has 0 amide bonds. The molecule has 1 fully saturated rings. The topological polar surface area (TPSA) is 39.2 Å². The predicted molar refractivity (Wildman–Crippen MR) is 74.9 cm³/mol. The van der Waals surface area contributed by atoms with Crippen molar-refractivity contribution < 1.29 is 13.9 Å². The van der Waals surface area contributed by atoms with Crippen LogP contribution >= 0.6 is 0 Å². The molecule has 1 saturated carbocycles. The second kappa shape index (κ2) is 6.82. The fourth-order valence-electron chi connectivity index (χ4n) is 3.10. The Hall–Kier alpha value is -1.45. The molecular formula is C16H22FNO2. The van der Waals surface area contributed by atoms with Crippen molar-refractivity contribution in [2.45, 2.75) is 51.9 Å². The summed E-state index contributed by atoms with van der Waals surface area (Å²) in [6.07, 6.45) is 6.09. The molecule has 0 aliphatic heterocycles. The average Bonchev–Trinajstić information content (AvgIpc) is 2.43. The molecule has 0 atom stereocenters. The molecule has 0 aromatic carbocycles. The molecular weight excluding hydrogens is 257 g/mol. The number of esters is 1. The number of hydrogen-bond donors (Lipinski definition) is 0. The van der Waals surface area contributed by atoms with Crippen molar-refractivity contribution in [3.8, 4) is 0 Å². The second-order valence-electron chi connectivity index (χ2n) is 5.54. The van der Waals surface area contributed by atoms with Crippen molar-refractivity contribution >= 4 is 5.97 Å². The van der Waals surface area contributed by atoms with Gasteiger partial charge in [0, 0.05) is 18.2 Å². The molecule has 20 heavy (non-hydrogen) atoms. The largest absolute Gasteiger partial charge is 0.466 e. The minimum absolute atomic E-state index is 0.0953. The lowest BCUT2D eigenvalue weighted by Crippen LogP contribution is -2.18. The summed E-state index contributed by atoms with van der Waals surface area (Å²) >= 11 is 0. The zero-order valence-corrected chi connectivity index (χ0v) is 12.2. The standard InChI is InChI=1S/C16H22FNO2/c1-3-20-15(19)10-12-4-6-13(7-5-12)14-8-9-18-16(17)11(14)2/h8-9,12-13H,3-7,10H2,1-2H3. The summed E-state index contributed by atoms with van der Waals surface area (Å²) in [7, 11) is 0. The first-order chi connectivity index (χ1) is 9.61. The maximum Gasteiger partial charge on any atom is 0.306 e. The molecule has 0 N–H and O–H groups in total. The lowest BCUT2D eigenvalue weighted by atomic mass is 9.77. The highest BCUT2D eigenvalue weighted by atomic mass is 19.1. The molecule has 2 rings (SSSR count). The van der Waals surface area contributed by atoms with Crippen LogP contribution < -0.4 is 0 Å². The third-order valence-electron chi connectivity index (χ3n) is 4.23. The Morgan fingerprint density at radius 2 is 2.10 bits per heavy atom. The Balaban J connectivity index is 1.91. The maximum atomic E-state index is 13.5. The number of carbonyl (C=O) groups is 1. The summed E-state index contributed by atoms with van der Waals surface area (Å²) in [6.45, 7) is 4.07. The highest BCUT2D eigenvalue weighted by Gasteiger charge is 2.25. The first-order valence-electron chi connectivity index (χ1n) is 7.38. The van der Waals surface area contributed by atoms with E-state index in [0.717, 1.165) is 31.2 Å². The van der Waals surface area contributed by atoms with Crippen LogP contribution in [-0.2, 0) is 9.53 Å². The van der Waals surface area contributed by atoms with Crippen LogP contribution in [0.4, 0.5) is 4.39 Å². The number of halogens is 1. The van der Waals surface area contributed by atoms with E-state index >= 15 is 0 Å². The summed E-state index contributed by atoms with van der Waals surface area (Å²) in [4.78, 5) is 15.2. The van der Waals surface area contributed by atoms with Gasteiger partial charge in [0.25, 0.3) is 0 Å². The fourth-order valence-corrected chi connectivity index (χ4v) is 3.10. The molecule has 1 aromatic rings. The van der Waals surface area contributed by atoms with Gasteiger partial charge in [-0.05, 0) is 63.0 Å². The van der Waals surface area contributed by atoms with Gasteiger partial charge in [-0.25, -0.2) is 4.98 Å². The Kier molecular flexibility index (Phi) is 5.10. The average molecular weight is 279 g/mol. The first-order valence-corrected chi connectivity index (χ1v) is 7.38. The number of pyridine rings is 1. The minimum Gasteiger partial charge on any atom is -0.466 e. The maximum absolute atomic E-state index is 13.5. The minimum atomic E-state index is -0.365. The van der Waals surface area contributed by atoms with Gasteiger partial charge in [-0.15, -0.1) is 0 Å². The molecule has 0 unspecified atom stereocenters. The van der Waals surface area contributed by atoms with E-state index in [2.05, 4.69) is 4.98 Å². The Labute approximate surface area is 119 Å². The van der Waals surface area contributed by atoms with E-state index in [4.69, 9.17) is 4.74 Å². The van der Waals surface area contributed by atoms with Crippen LogP contribution in [0.15, 0.2) is 12.3 Å². The summed E-state index contributed by atoms with van der Waals surface area (Å²) in [5.74, 6) is 0.349. The van der Waals surface area contributed by atoms with E-state index < -0.39 is 0 Å². The second-order valence-corrected chi connectivity index (χ2v) is 5.54. The summed E-state index contributed by atoms with van der Waals surface area (Å²) in [6, 6.07) is 1.93. The van der Waals surface area contributed by atoms with Crippen molar-refractivity contribution in [1.29, 1.82) is 0 Å². The van der Waals surface area contributed by atoms with Gasteiger partial charge in [-0.3, -0.25) is 4.79 Å². The molecule has 4 heteroatoms. The van der Waals surface area contributed by atoms with Gasteiger partial charge >= 0.3 is 5.97 Å². The number of rotatable bonds is 4. The van der Waals surface area contributed by atoms with Crippen molar-refractivity contribution in [2.24, 2.45) is 5.92 Å². The normalized spacial score (nSPS) is 22.6. The van der Waals surface area contributed by atoms with Crippen LogP contribution in [0.2, 0.25) is 0 Å². The van der Waals surface area contributed by atoms with Crippen molar-refractivity contribution in [2.75, 3.05) is 6.61 Å². The van der Waals surface area contributed by atoms with Crippen molar-refractivity contribution in [3.63, 3.8) is 0 Å². The molecule has 110 valence electrons. The van der Waals surface area contributed by atoms with Crippen LogP contribution in [0.1, 0.15) is 56.1 Å². The number of ether oxygens (including phenoxy) is 1. The monoisotopic (exact) mass is 279 g/mol. The lowest BCUT2D eigenvalue weighted by Gasteiger charge is -2.29. The molecule has 0 spiro atoms. The van der Waals surface area contributed by atoms with Crippen LogP contribution in [0.3, 0.4) is 0 Å². The van der Waals surface area contributed by atoms with Crippen LogP contribution in [-0.4, -0.2) is 17.6 Å². The number of nitrogens with zero attached hydrogens (tertiary/aromatic N) is 1. The van der Waals surface area contributed by atoms with Gasteiger partial charge < -0.3 is 4.74 Å². The highest BCUT2D eigenvalue weighted by Crippen LogP contribution is 2.38. The van der Waals surface area contributed by atoms with E-state index in [1.54, 1.807) is 13.1 Å². The Bertz CT molecular complexity index is 468. The fraction of sp³-hybridized carbons (Fsp3) is 0.625. The molecule has 0 radical (unpaired) electrons. The molecule has 0 saturated heterocycles. The van der Waals surface area contributed by atoms with E-state index in [1.807, 2.05) is 13.0 Å². The van der Waals surface area contributed by atoms with Crippen LogP contribution in [0.5, 0.6) is 0 Å². The third kappa shape index (κ3) is 3.56. The quantitative estimate of drug-likeness (QED) is 0.622. The molecule has 3 nitrogen and oxygen atoms in total. The van der Waals surface area contributed by atoms with Gasteiger partial charge in [-0.2, -0.15) is 4.39 Å². The summed E-state index contributed by atoms with van der Waals surface area (Å²) < 4.78 is 18.5. The van der Waals surface area contributed by atoms with E-state index in [9.17, 15) is 9.18 Å². The van der Waals surface area contributed by atoms with E-state index in [0.29, 0.717) is 30.4 Å². The molecule has 1 aliphatic rings. The summed E-state index contributed by atoms with van der Waals surface area (Å²) in [5.41, 5.74) is 1.74. The van der Waals surface area contributed by atoms with Crippen LogP contribution in [0, 0.1) is 18.8 Å². The predicted octanol–water partition coefficient (Wildman–Crippen LogP) is 3.76. The molecule has 0 bridgehead atoms. The van der Waals surface area contributed by atoms with Gasteiger partial charge in [0.15, 0.2) is 0 Å². The zero-order chi connectivity index (χ0) is 14.5. The molecule has 1 aliphatic carbocycles. The van der Waals surface area contributed by atoms with Gasteiger partial charge in [0.2, 0.25) is 5.95 Å². The van der Waals surface area contributed by atoms with E-state index in [1.165, 1.54) is 0 Å².